The molecule has 138 valence electrons. The predicted octanol–water partition coefficient (Wildman–Crippen LogP) is 2.38. The third-order valence-corrected chi connectivity index (χ3v) is 4.00. The minimum absolute atomic E-state index is 0.186. The minimum atomic E-state index is -5.71. The van der Waals surface area contributed by atoms with Crippen molar-refractivity contribution in [3.05, 3.63) is 35.9 Å². The number of carbonyl (C=O) groups is 2. The van der Waals surface area contributed by atoms with Crippen LogP contribution in [0.25, 0.3) is 0 Å². The lowest BCUT2D eigenvalue weighted by atomic mass is 9.78. The normalized spacial score (nSPS) is 27.8. The molecule has 3 atom stereocenters. The Morgan fingerprint density at radius 3 is 2.12 bits per heavy atom. The third-order valence-electron chi connectivity index (χ3n) is 4.00. The van der Waals surface area contributed by atoms with Crippen LogP contribution in [0.5, 0.6) is 0 Å². The van der Waals surface area contributed by atoms with E-state index < -0.39 is 41.9 Å². The van der Waals surface area contributed by atoms with E-state index in [1.807, 2.05) is 5.32 Å². The highest BCUT2D eigenvalue weighted by atomic mass is 19.4. The Balaban J connectivity index is 2.70. The van der Waals surface area contributed by atoms with Gasteiger partial charge in [-0.3, -0.25) is 9.69 Å². The molecule has 0 aliphatic carbocycles. The summed E-state index contributed by atoms with van der Waals surface area (Å²) >= 11 is 0. The summed E-state index contributed by atoms with van der Waals surface area (Å²) in [6.07, 6.45) is -11.4. The third kappa shape index (κ3) is 3.03. The summed E-state index contributed by atoms with van der Waals surface area (Å²) in [4.78, 5) is 23.2. The van der Waals surface area contributed by atoms with Gasteiger partial charge in [0.1, 0.15) is 5.92 Å². The number of nitrogens with zero attached hydrogens (tertiary/aromatic N) is 1. The number of benzene rings is 1. The van der Waals surface area contributed by atoms with Gasteiger partial charge in [-0.05, 0) is 5.56 Å². The monoisotopic (exact) mass is 370 g/mol. The standard InChI is InChI=1S/C14H12F6N2O3/c1-22-11(24)21-9(7-5-3-2-4-6-7)8(10(23)13(15,16)17)12(22,25)14(18,19)20/h2-6,8-9,25H,1H3,(H,21,24)/t8-,9-,12-/m1/s1. The zero-order valence-corrected chi connectivity index (χ0v) is 12.5. The van der Waals surface area contributed by atoms with Crippen molar-refractivity contribution in [2.75, 3.05) is 7.05 Å². The molecule has 1 aromatic rings. The highest BCUT2D eigenvalue weighted by molar-refractivity contribution is 5.91. The smallest absolute Gasteiger partial charge is 0.363 e. The number of urea groups is 1. The number of alkyl halides is 6. The summed E-state index contributed by atoms with van der Waals surface area (Å²) in [6.45, 7) is 0. The topological polar surface area (TPSA) is 69.6 Å². The Morgan fingerprint density at radius 1 is 1.16 bits per heavy atom. The van der Waals surface area contributed by atoms with Crippen LogP contribution in [-0.4, -0.2) is 46.9 Å². The van der Waals surface area contributed by atoms with Crippen molar-refractivity contribution in [1.29, 1.82) is 0 Å². The van der Waals surface area contributed by atoms with Crippen molar-refractivity contribution in [3.8, 4) is 0 Å². The number of carbonyl (C=O) groups excluding carboxylic acids is 2. The first-order valence-electron chi connectivity index (χ1n) is 6.81. The highest BCUT2D eigenvalue weighted by Gasteiger charge is 2.71. The SMILES string of the molecule is CN1C(=O)N[C@H](c2ccccc2)[C@H](C(=O)C(F)(F)F)[C@@]1(O)C(F)(F)F. The van der Waals surface area contributed by atoms with Gasteiger partial charge in [-0.2, -0.15) is 26.3 Å². The Kier molecular flexibility index (Phi) is 4.49. The van der Waals surface area contributed by atoms with Gasteiger partial charge in [0, 0.05) is 7.05 Å². The van der Waals surface area contributed by atoms with Crippen LogP contribution in [0.2, 0.25) is 0 Å². The molecule has 1 fully saturated rings. The molecule has 11 heteroatoms. The fourth-order valence-corrected chi connectivity index (χ4v) is 2.72. The molecule has 0 aromatic heterocycles. The Hall–Kier alpha value is -2.30. The van der Waals surface area contributed by atoms with Gasteiger partial charge in [0.25, 0.3) is 5.72 Å². The second-order valence-corrected chi connectivity index (χ2v) is 5.46. The Morgan fingerprint density at radius 2 is 1.68 bits per heavy atom. The van der Waals surface area contributed by atoms with Crippen molar-refractivity contribution in [3.63, 3.8) is 0 Å². The van der Waals surface area contributed by atoms with Gasteiger partial charge in [-0.1, -0.05) is 30.3 Å². The molecule has 1 aliphatic heterocycles. The summed E-state index contributed by atoms with van der Waals surface area (Å²) < 4.78 is 79.1. The van der Waals surface area contributed by atoms with Crippen LogP contribution < -0.4 is 5.32 Å². The summed E-state index contributed by atoms with van der Waals surface area (Å²) in [7, 11) is 0.459. The first-order chi connectivity index (χ1) is 11.3. The number of hydrogen-bond acceptors (Lipinski definition) is 3. The van der Waals surface area contributed by atoms with Crippen molar-refractivity contribution in [2.24, 2.45) is 5.92 Å². The number of amides is 2. The predicted molar refractivity (Wildman–Crippen MR) is 71.0 cm³/mol. The van der Waals surface area contributed by atoms with Gasteiger partial charge in [-0.25, -0.2) is 4.79 Å². The molecule has 0 saturated carbocycles. The van der Waals surface area contributed by atoms with E-state index in [0.717, 1.165) is 12.1 Å². The molecule has 1 aromatic carbocycles. The largest absolute Gasteiger partial charge is 0.450 e. The lowest BCUT2D eigenvalue weighted by Gasteiger charge is -2.49. The quantitative estimate of drug-likeness (QED) is 0.786. The molecule has 0 bridgehead atoms. The van der Waals surface area contributed by atoms with Gasteiger partial charge in [0.05, 0.1) is 6.04 Å². The molecule has 5 nitrogen and oxygen atoms in total. The van der Waals surface area contributed by atoms with Crippen molar-refractivity contribution in [1.82, 2.24) is 10.2 Å². The second-order valence-electron chi connectivity index (χ2n) is 5.46. The maximum atomic E-state index is 13.4. The highest BCUT2D eigenvalue weighted by Crippen LogP contribution is 2.48. The molecular weight excluding hydrogens is 358 g/mol. The average molecular weight is 370 g/mol. The first-order valence-corrected chi connectivity index (χ1v) is 6.81. The molecule has 1 heterocycles. The van der Waals surface area contributed by atoms with E-state index >= 15 is 0 Å². The van der Waals surface area contributed by atoms with Crippen LogP contribution in [0.1, 0.15) is 11.6 Å². The van der Waals surface area contributed by atoms with E-state index in [0.29, 0.717) is 7.05 Å². The zero-order chi connectivity index (χ0) is 19.2. The number of hydrogen-bond donors (Lipinski definition) is 2. The van der Waals surface area contributed by atoms with Gasteiger partial charge in [0.2, 0.25) is 5.78 Å². The van der Waals surface area contributed by atoms with E-state index in [2.05, 4.69) is 0 Å². The maximum Gasteiger partial charge on any atom is 0.450 e. The van der Waals surface area contributed by atoms with E-state index in [9.17, 15) is 41.0 Å². The number of aliphatic hydroxyl groups is 1. The number of halogens is 6. The van der Waals surface area contributed by atoms with Crippen LogP contribution in [0.3, 0.4) is 0 Å². The molecule has 0 unspecified atom stereocenters. The van der Waals surface area contributed by atoms with E-state index in [4.69, 9.17) is 0 Å². The van der Waals surface area contributed by atoms with Crippen LogP contribution >= 0.6 is 0 Å². The van der Waals surface area contributed by atoms with Crippen molar-refractivity contribution >= 4 is 11.8 Å². The summed E-state index contributed by atoms with van der Waals surface area (Å²) in [6, 6.07) is 2.85. The average Bonchev–Trinajstić information content (AvgIpc) is 2.50. The van der Waals surface area contributed by atoms with Crippen LogP contribution in [0.15, 0.2) is 30.3 Å². The number of nitrogens with one attached hydrogen (secondary N) is 1. The van der Waals surface area contributed by atoms with Gasteiger partial charge < -0.3 is 10.4 Å². The van der Waals surface area contributed by atoms with Crippen molar-refractivity contribution in [2.45, 2.75) is 24.1 Å². The summed E-state index contributed by atoms with van der Waals surface area (Å²) in [5.74, 6) is -5.84. The zero-order valence-electron chi connectivity index (χ0n) is 12.5. The van der Waals surface area contributed by atoms with Crippen LogP contribution in [-0.2, 0) is 4.79 Å². The second kappa shape index (κ2) is 5.90. The van der Waals surface area contributed by atoms with Crippen LogP contribution in [0, 0.1) is 5.92 Å². The van der Waals surface area contributed by atoms with Gasteiger partial charge in [-0.15, -0.1) is 0 Å². The molecular formula is C14H12F6N2O3. The van der Waals surface area contributed by atoms with E-state index in [1.165, 1.54) is 18.2 Å². The van der Waals surface area contributed by atoms with E-state index in [1.54, 1.807) is 0 Å². The lowest BCUT2D eigenvalue weighted by molar-refractivity contribution is -0.328. The minimum Gasteiger partial charge on any atom is -0.363 e. The number of ketones is 1. The first kappa shape index (κ1) is 19.0. The van der Waals surface area contributed by atoms with Gasteiger partial charge in [0.15, 0.2) is 0 Å². The van der Waals surface area contributed by atoms with Crippen LogP contribution in [0.4, 0.5) is 31.1 Å². The molecule has 2 amide bonds. The molecule has 2 N–H and O–H groups in total. The van der Waals surface area contributed by atoms with E-state index in [-0.39, 0.29) is 10.5 Å². The molecule has 2 rings (SSSR count). The molecule has 25 heavy (non-hydrogen) atoms. The summed E-state index contributed by atoms with van der Waals surface area (Å²) in [5, 5.41) is 12.0. The maximum absolute atomic E-state index is 13.4. The Bertz CT molecular complexity index is 675. The number of rotatable bonds is 2. The molecule has 1 aliphatic rings. The fourth-order valence-electron chi connectivity index (χ4n) is 2.72. The van der Waals surface area contributed by atoms with Gasteiger partial charge >= 0.3 is 18.4 Å². The summed E-state index contributed by atoms with van der Waals surface area (Å²) in [5.41, 5.74) is -4.52. The fraction of sp³-hybridized carbons (Fsp3) is 0.429. The lowest BCUT2D eigenvalue weighted by Crippen LogP contribution is -2.73. The molecule has 0 radical (unpaired) electrons. The Labute approximate surface area is 137 Å². The molecule has 1 saturated heterocycles. The van der Waals surface area contributed by atoms with Crippen molar-refractivity contribution < 1.29 is 41.0 Å². The number of Topliss-reactive ketones (excluding diaryl/α,β-unsaturated/α-hetero) is 1. The molecule has 0 spiro atoms.